The molecule has 0 saturated carbocycles. The van der Waals surface area contributed by atoms with Gasteiger partial charge in [-0.15, -0.1) is 24.0 Å². The van der Waals surface area contributed by atoms with Gasteiger partial charge >= 0.3 is 0 Å². The zero-order chi connectivity index (χ0) is 21.8. The molecule has 31 heavy (non-hydrogen) atoms. The molecular formula is C22H33IN4O3S. The van der Waals surface area contributed by atoms with Crippen LogP contribution in [0.3, 0.4) is 0 Å². The van der Waals surface area contributed by atoms with E-state index in [1.807, 2.05) is 75.4 Å². The van der Waals surface area contributed by atoms with Gasteiger partial charge < -0.3 is 15.4 Å². The van der Waals surface area contributed by atoms with Gasteiger partial charge in [0.2, 0.25) is 10.0 Å². The molecule has 0 unspecified atom stereocenters. The lowest BCUT2D eigenvalue weighted by atomic mass is 10.1. The van der Waals surface area contributed by atoms with E-state index in [0.717, 1.165) is 23.4 Å². The molecule has 0 saturated heterocycles. The maximum Gasteiger partial charge on any atom is 0.216 e. The summed E-state index contributed by atoms with van der Waals surface area (Å²) in [5.74, 6) is 1.42. The normalized spacial score (nSPS) is 11.7. The van der Waals surface area contributed by atoms with Crippen LogP contribution in [0.1, 0.15) is 31.9 Å². The van der Waals surface area contributed by atoms with Crippen molar-refractivity contribution in [2.24, 2.45) is 4.99 Å². The van der Waals surface area contributed by atoms with Crippen LogP contribution in [0.15, 0.2) is 59.6 Å². The first-order valence-electron chi connectivity index (χ1n) is 10.2. The zero-order valence-electron chi connectivity index (χ0n) is 18.3. The first-order chi connectivity index (χ1) is 14.4. The van der Waals surface area contributed by atoms with Gasteiger partial charge in [-0.1, -0.05) is 42.5 Å². The number of hydrogen-bond acceptors (Lipinski definition) is 4. The standard InChI is InChI=1S/C22H32N4O3S.HI/c1-4-23-22(24-14-15-29-21-12-6-5-7-13-21)25-16-19-10-8-9-11-20(19)17-30(27,28)26-18(2)3;/h5-13,18,26H,4,14-17H2,1-3H3,(H2,23,24,25);1H. The average molecular weight is 561 g/mol. The van der Waals surface area contributed by atoms with Crippen LogP contribution in [-0.2, 0) is 22.3 Å². The van der Waals surface area contributed by atoms with Gasteiger partial charge in [0.1, 0.15) is 12.4 Å². The molecule has 0 amide bonds. The van der Waals surface area contributed by atoms with E-state index in [-0.39, 0.29) is 35.8 Å². The average Bonchev–Trinajstić information content (AvgIpc) is 2.69. The molecule has 0 bridgehead atoms. The highest BCUT2D eigenvalue weighted by atomic mass is 127. The lowest BCUT2D eigenvalue weighted by molar-refractivity contribution is 0.322. The van der Waals surface area contributed by atoms with Crippen molar-refractivity contribution in [2.45, 2.75) is 39.1 Å². The van der Waals surface area contributed by atoms with Crippen LogP contribution in [0, 0.1) is 0 Å². The smallest absolute Gasteiger partial charge is 0.216 e. The van der Waals surface area contributed by atoms with Crippen LogP contribution in [0.5, 0.6) is 5.75 Å². The first kappa shape index (κ1) is 27.2. The van der Waals surface area contributed by atoms with Gasteiger partial charge in [0, 0.05) is 12.6 Å². The maximum absolute atomic E-state index is 12.3. The molecule has 0 aliphatic carbocycles. The molecule has 0 aromatic heterocycles. The zero-order valence-corrected chi connectivity index (χ0v) is 21.4. The number of ether oxygens (including phenoxy) is 1. The number of para-hydroxylation sites is 1. The SMILES string of the molecule is CCNC(=NCc1ccccc1CS(=O)(=O)NC(C)C)NCCOc1ccccc1.I. The molecule has 0 fully saturated rings. The molecular weight excluding hydrogens is 527 g/mol. The largest absolute Gasteiger partial charge is 0.492 e. The minimum Gasteiger partial charge on any atom is -0.492 e. The van der Waals surface area contributed by atoms with Crippen LogP contribution in [0.4, 0.5) is 0 Å². The Balaban J connectivity index is 0.00000480. The van der Waals surface area contributed by atoms with Crippen LogP contribution in [0.25, 0.3) is 0 Å². The van der Waals surface area contributed by atoms with Crippen LogP contribution in [0.2, 0.25) is 0 Å². The van der Waals surface area contributed by atoms with E-state index < -0.39 is 10.0 Å². The van der Waals surface area contributed by atoms with Gasteiger partial charge in [-0.2, -0.15) is 0 Å². The highest BCUT2D eigenvalue weighted by Crippen LogP contribution is 2.14. The predicted octanol–water partition coefficient (Wildman–Crippen LogP) is 3.27. The fraction of sp³-hybridized carbons (Fsp3) is 0.409. The second-order valence-electron chi connectivity index (χ2n) is 7.08. The molecule has 2 aromatic carbocycles. The summed E-state index contributed by atoms with van der Waals surface area (Å²) in [5, 5.41) is 6.44. The Labute approximate surface area is 203 Å². The Morgan fingerprint density at radius 1 is 1.00 bits per heavy atom. The summed E-state index contributed by atoms with van der Waals surface area (Å²) in [6, 6.07) is 17.0. The van der Waals surface area contributed by atoms with E-state index in [0.29, 0.717) is 25.7 Å². The van der Waals surface area contributed by atoms with E-state index in [4.69, 9.17) is 4.74 Å². The Kier molecular flexibility index (Phi) is 12.5. The van der Waals surface area contributed by atoms with Gasteiger partial charge in [-0.3, -0.25) is 0 Å². The summed E-state index contributed by atoms with van der Waals surface area (Å²) < 4.78 is 32.9. The van der Waals surface area contributed by atoms with Crippen molar-refractivity contribution >= 4 is 40.0 Å². The van der Waals surface area contributed by atoms with Crippen molar-refractivity contribution in [3.63, 3.8) is 0 Å². The highest BCUT2D eigenvalue weighted by molar-refractivity contribution is 14.0. The summed E-state index contributed by atoms with van der Waals surface area (Å²) >= 11 is 0. The molecule has 2 rings (SSSR count). The number of guanidine groups is 1. The van der Waals surface area contributed by atoms with Gasteiger partial charge in [-0.25, -0.2) is 18.1 Å². The van der Waals surface area contributed by atoms with Gasteiger partial charge in [0.05, 0.1) is 18.8 Å². The summed E-state index contributed by atoms with van der Waals surface area (Å²) in [5.41, 5.74) is 1.63. The molecule has 0 aliphatic heterocycles. The number of sulfonamides is 1. The van der Waals surface area contributed by atoms with E-state index in [1.165, 1.54) is 0 Å². The molecule has 9 heteroatoms. The molecule has 0 aliphatic rings. The number of hydrogen-bond donors (Lipinski definition) is 3. The molecule has 172 valence electrons. The molecule has 0 radical (unpaired) electrons. The van der Waals surface area contributed by atoms with Crippen molar-refractivity contribution in [1.29, 1.82) is 0 Å². The van der Waals surface area contributed by atoms with E-state index in [1.54, 1.807) is 0 Å². The fourth-order valence-electron chi connectivity index (χ4n) is 2.82. The van der Waals surface area contributed by atoms with E-state index in [2.05, 4.69) is 20.3 Å². The molecule has 2 aromatic rings. The van der Waals surface area contributed by atoms with Crippen molar-refractivity contribution < 1.29 is 13.2 Å². The summed E-state index contributed by atoms with van der Waals surface area (Å²) in [7, 11) is -3.40. The number of nitrogens with zero attached hydrogens (tertiary/aromatic N) is 1. The second-order valence-corrected chi connectivity index (χ2v) is 8.84. The van der Waals surface area contributed by atoms with Crippen LogP contribution < -0.4 is 20.1 Å². The third-order valence-corrected chi connectivity index (χ3v) is 5.56. The number of rotatable bonds is 11. The number of halogens is 1. The number of benzene rings is 2. The Bertz CT molecular complexity index is 906. The van der Waals surface area contributed by atoms with Gasteiger partial charge in [-0.05, 0) is 44.0 Å². The van der Waals surface area contributed by atoms with Crippen molar-refractivity contribution in [3.05, 3.63) is 65.7 Å². The monoisotopic (exact) mass is 560 g/mol. The Morgan fingerprint density at radius 3 is 2.29 bits per heavy atom. The topological polar surface area (TPSA) is 91.8 Å². The van der Waals surface area contributed by atoms with Crippen molar-refractivity contribution in [2.75, 3.05) is 19.7 Å². The Morgan fingerprint density at radius 2 is 1.65 bits per heavy atom. The lowest BCUT2D eigenvalue weighted by Gasteiger charge is -2.14. The molecule has 7 nitrogen and oxygen atoms in total. The lowest BCUT2D eigenvalue weighted by Crippen LogP contribution is -2.39. The summed E-state index contributed by atoms with van der Waals surface area (Å²) in [6.45, 7) is 7.81. The fourth-order valence-corrected chi connectivity index (χ4v) is 4.31. The van der Waals surface area contributed by atoms with Crippen LogP contribution in [-0.4, -0.2) is 40.1 Å². The minimum atomic E-state index is -3.40. The van der Waals surface area contributed by atoms with Crippen molar-refractivity contribution in [3.8, 4) is 5.75 Å². The number of nitrogens with one attached hydrogen (secondary N) is 3. The van der Waals surface area contributed by atoms with Gasteiger partial charge in [0.25, 0.3) is 0 Å². The maximum atomic E-state index is 12.3. The summed E-state index contributed by atoms with van der Waals surface area (Å²) in [6.07, 6.45) is 0. The second kappa shape index (κ2) is 14.3. The quantitative estimate of drug-likeness (QED) is 0.170. The minimum absolute atomic E-state index is 0. The Hall–Kier alpha value is -1.85. The number of aliphatic imine (C=N–C) groups is 1. The summed E-state index contributed by atoms with van der Waals surface area (Å²) in [4.78, 5) is 4.60. The molecule has 0 heterocycles. The van der Waals surface area contributed by atoms with E-state index in [9.17, 15) is 8.42 Å². The first-order valence-corrected chi connectivity index (χ1v) is 11.8. The molecule has 3 N–H and O–H groups in total. The van der Waals surface area contributed by atoms with Crippen molar-refractivity contribution in [1.82, 2.24) is 15.4 Å². The van der Waals surface area contributed by atoms with E-state index >= 15 is 0 Å². The van der Waals surface area contributed by atoms with Gasteiger partial charge in [0.15, 0.2) is 5.96 Å². The molecule has 0 atom stereocenters. The molecule has 0 spiro atoms. The third kappa shape index (κ3) is 10.8. The highest BCUT2D eigenvalue weighted by Gasteiger charge is 2.15. The third-order valence-electron chi connectivity index (χ3n) is 4.04. The predicted molar refractivity (Wildman–Crippen MR) is 138 cm³/mol. The van der Waals surface area contributed by atoms with Crippen LogP contribution >= 0.6 is 24.0 Å².